The lowest BCUT2D eigenvalue weighted by Gasteiger charge is -2.13. The highest BCUT2D eigenvalue weighted by Crippen LogP contribution is 3.16. The lowest BCUT2D eigenvalue weighted by Crippen LogP contribution is -2.06. The van der Waals surface area contributed by atoms with Crippen molar-refractivity contribution in [2.75, 3.05) is 0 Å². The van der Waals surface area contributed by atoms with E-state index in [0.717, 1.165) is 22.2 Å². The molecule has 3 saturated carbocycles. The average Bonchev–Trinajstić information content (AvgIpc) is 2.72. The van der Waals surface area contributed by atoms with Gasteiger partial charge in [-0.25, -0.2) is 0 Å². The molecule has 0 aliphatic heterocycles. The number of hydrogen-bond donors (Lipinski definition) is 0. The normalized spacial score (nSPS) is 81.0. The van der Waals surface area contributed by atoms with E-state index in [1.165, 1.54) is 6.42 Å². The summed E-state index contributed by atoms with van der Waals surface area (Å²) in [5, 5.41) is 0. The highest BCUT2D eigenvalue weighted by molar-refractivity contribution is 5.58. The molecule has 3 fully saturated rings. The first kappa shape index (κ1) is 4.76. The molecule has 4 atom stereocenters. The zero-order chi connectivity index (χ0) is 6.49. The maximum Gasteiger partial charge on any atom is -0.0136 e. The summed E-state index contributed by atoms with van der Waals surface area (Å²) in [6.45, 7) is 7.28. The number of rotatable bonds is 1. The second-order valence-corrected chi connectivity index (χ2v) is 4.51. The lowest BCUT2D eigenvalue weighted by atomic mass is 9.91. The molecule has 0 N–H and O–H groups in total. The minimum atomic E-state index is 0.856. The maximum absolute atomic E-state index is 2.49. The van der Waals surface area contributed by atoms with E-state index in [0.29, 0.717) is 0 Å². The Kier molecular flexibility index (Phi) is 0.392. The van der Waals surface area contributed by atoms with Gasteiger partial charge in [-0.05, 0) is 35.0 Å². The highest BCUT2D eigenvalue weighted by atomic mass is 15.1. The second kappa shape index (κ2) is 0.741. The molecule has 0 saturated heterocycles. The van der Waals surface area contributed by atoms with Gasteiger partial charge in [0.1, 0.15) is 0 Å². The van der Waals surface area contributed by atoms with Crippen molar-refractivity contribution in [2.24, 2.45) is 22.2 Å². The second-order valence-electron chi connectivity index (χ2n) is 4.51. The van der Waals surface area contributed by atoms with Crippen LogP contribution in [0.25, 0.3) is 0 Å². The highest BCUT2D eigenvalue weighted by Gasteiger charge is 3.11. The third-order valence-electron chi connectivity index (χ3n) is 5.29. The Morgan fingerprint density at radius 3 is 2.22 bits per heavy atom. The van der Waals surface area contributed by atoms with Crippen LogP contribution in [0.2, 0.25) is 0 Å². The third-order valence-corrected chi connectivity index (χ3v) is 5.29. The van der Waals surface area contributed by atoms with E-state index < -0.39 is 0 Å². The van der Waals surface area contributed by atoms with E-state index in [1.54, 1.807) is 6.42 Å². The van der Waals surface area contributed by atoms with Gasteiger partial charge in [0.15, 0.2) is 0 Å². The molecule has 0 aromatic rings. The molecule has 0 heteroatoms. The van der Waals surface area contributed by atoms with E-state index in [2.05, 4.69) is 20.8 Å². The van der Waals surface area contributed by atoms with E-state index in [9.17, 15) is 0 Å². The van der Waals surface area contributed by atoms with Crippen LogP contribution in [0.4, 0.5) is 0 Å². The van der Waals surface area contributed by atoms with Gasteiger partial charge in [-0.3, -0.25) is 0 Å². The fourth-order valence-corrected chi connectivity index (χ4v) is 4.36. The molecule has 9 heavy (non-hydrogen) atoms. The van der Waals surface area contributed by atoms with Crippen LogP contribution in [0, 0.1) is 22.2 Å². The summed E-state index contributed by atoms with van der Waals surface area (Å²) >= 11 is 0. The maximum atomic E-state index is 2.49. The minimum absolute atomic E-state index is 0.856. The molecule has 3 aliphatic rings. The zero-order valence-corrected chi connectivity index (χ0v) is 6.49. The van der Waals surface area contributed by atoms with Crippen molar-refractivity contribution in [1.82, 2.24) is 0 Å². The van der Waals surface area contributed by atoms with Crippen LogP contribution in [-0.2, 0) is 0 Å². The van der Waals surface area contributed by atoms with Crippen LogP contribution < -0.4 is 0 Å². The lowest BCUT2D eigenvalue weighted by molar-refractivity contribution is 0.351. The van der Waals surface area contributed by atoms with Crippen molar-refractivity contribution < 1.29 is 0 Å². The molecule has 0 aromatic heterocycles. The molecule has 0 amide bonds. The zero-order valence-electron chi connectivity index (χ0n) is 6.49. The Morgan fingerprint density at radius 1 is 1.56 bits per heavy atom. The third kappa shape index (κ3) is 0.163. The van der Waals surface area contributed by atoms with Crippen LogP contribution in [-0.4, -0.2) is 0 Å². The van der Waals surface area contributed by atoms with Crippen LogP contribution in [0.1, 0.15) is 33.6 Å². The Balaban J connectivity index is 2.01. The van der Waals surface area contributed by atoms with Crippen LogP contribution in [0.15, 0.2) is 0 Å². The van der Waals surface area contributed by atoms with Crippen LogP contribution >= 0.6 is 0 Å². The van der Waals surface area contributed by atoms with Gasteiger partial charge in [-0.1, -0.05) is 20.8 Å². The predicted octanol–water partition coefficient (Wildman–Crippen LogP) is 2.44. The molecule has 4 unspecified atom stereocenters. The van der Waals surface area contributed by atoms with Gasteiger partial charge in [-0.15, -0.1) is 0 Å². The van der Waals surface area contributed by atoms with Crippen molar-refractivity contribution in [1.29, 1.82) is 0 Å². The molecular weight excluding hydrogens is 108 g/mol. The van der Waals surface area contributed by atoms with E-state index >= 15 is 0 Å². The summed E-state index contributed by atoms with van der Waals surface area (Å²) in [7, 11) is 0. The number of hydrogen-bond acceptors (Lipinski definition) is 0. The minimum Gasteiger partial charge on any atom is -0.0648 e. The van der Waals surface area contributed by atoms with Crippen LogP contribution in [0.3, 0.4) is 0 Å². The molecular formula is C9H14. The smallest absolute Gasteiger partial charge is 0.0136 e. The Labute approximate surface area is 56.6 Å². The molecule has 1 spiro atoms. The topological polar surface area (TPSA) is 0 Å². The first-order chi connectivity index (χ1) is 4.17. The standard InChI is InChI=1S/C9H14/c1-4-8-5-9(8)6(2)7(8,9)3/h6H,4-5H2,1-3H3. The summed E-state index contributed by atoms with van der Waals surface area (Å²) in [5.41, 5.74) is 2.68. The van der Waals surface area contributed by atoms with Gasteiger partial charge in [0.05, 0.1) is 0 Å². The molecule has 0 heterocycles. The van der Waals surface area contributed by atoms with Crippen LogP contribution in [0.5, 0.6) is 0 Å². The predicted molar refractivity (Wildman–Crippen MR) is 37.0 cm³/mol. The van der Waals surface area contributed by atoms with E-state index in [-0.39, 0.29) is 0 Å². The molecule has 0 bridgehead atoms. The fraction of sp³-hybridized carbons (Fsp3) is 1.00. The average molecular weight is 122 g/mol. The Morgan fingerprint density at radius 2 is 2.11 bits per heavy atom. The monoisotopic (exact) mass is 122 g/mol. The molecule has 50 valence electrons. The van der Waals surface area contributed by atoms with Gasteiger partial charge in [0, 0.05) is 0 Å². The largest absolute Gasteiger partial charge is 0.0648 e. The van der Waals surface area contributed by atoms with Crippen molar-refractivity contribution >= 4 is 0 Å². The first-order valence-corrected chi connectivity index (χ1v) is 4.17. The first-order valence-electron chi connectivity index (χ1n) is 4.17. The van der Waals surface area contributed by atoms with Gasteiger partial charge in [0.2, 0.25) is 0 Å². The summed E-state index contributed by atoms with van der Waals surface area (Å²) in [4.78, 5) is 0. The quantitative estimate of drug-likeness (QED) is 0.501. The van der Waals surface area contributed by atoms with Gasteiger partial charge >= 0.3 is 0 Å². The molecule has 0 nitrogen and oxygen atoms in total. The fourth-order valence-electron chi connectivity index (χ4n) is 4.36. The summed E-state index contributed by atoms with van der Waals surface area (Å²) in [6.07, 6.45) is 3.03. The van der Waals surface area contributed by atoms with Gasteiger partial charge < -0.3 is 0 Å². The molecule has 3 rings (SSSR count). The van der Waals surface area contributed by atoms with Gasteiger partial charge in [-0.2, -0.15) is 0 Å². The van der Waals surface area contributed by atoms with E-state index in [4.69, 9.17) is 0 Å². The van der Waals surface area contributed by atoms with Crippen molar-refractivity contribution in [3.05, 3.63) is 0 Å². The molecule has 3 aliphatic carbocycles. The van der Waals surface area contributed by atoms with Crippen molar-refractivity contribution in [2.45, 2.75) is 33.6 Å². The van der Waals surface area contributed by atoms with Gasteiger partial charge in [0.25, 0.3) is 0 Å². The number of fused-ring (bicyclic) bond motifs is 1. The van der Waals surface area contributed by atoms with Crippen molar-refractivity contribution in [3.63, 3.8) is 0 Å². The summed E-state index contributed by atoms with van der Waals surface area (Å²) in [5.74, 6) is 1.09. The molecule has 0 aromatic carbocycles. The Bertz CT molecular complexity index is 181. The SMILES string of the molecule is CCC12CC13C(C)C23C. The summed E-state index contributed by atoms with van der Waals surface area (Å²) in [6, 6.07) is 0. The van der Waals surface area contributed by atoms with Crippen molar-refractivity contribution in [3.8, 4) is 0 Å². The Hall–Kier alpha value is 0. The molecule has 0 radical (unpaired) electrons. The summed E-state index contributed by atoms with van der Waals surface area (Å²) < 4.78 is 0. The van der Waals surface area contributed by atoms with E-state index in [1.807, 2.05) is 0 Å².